The van der Waals surface area contributed by atoms with Crippen molar-refractivity contribution in [2.75, 3.05) is 13.7 Å². The summed E-state index contributed by atoms with van der Waals surface area (Å²) in [6.07, 6.45) is -0.0795. The summed E-state index contributed by atoms with van der Waals surface area (Å²) in [6.45, 7) is 14.2. The van der Waals surface area contributed by atoms with Gasteiger partial charge in [-0.1, -0.05) is 80.5 Å². The molecule has 348 valence electrons. The first-order valence-corrected chi connectivity index (χ1v) is 24.6. The minimum atomic E-state index is -4.38. The number of nitrogens with one attached hydrogen (secondary N) is 3. The molecule has 3 aromatic carbocycles. The molecule has 66 heavy (non-hydrogen) atoms. The highest BCUT2D eigenvalue weighted by molar-refractivity contribution is 8.01. The number of hydrogen-bond donors (Lipinski definition) is 3. The maximum absolute atomic E-state index is 14.9. The Kier molecular flexibility index (Phi) is 13.9. The van der Waals surface area contributed by atoms with Crippen LogP contribution in [0, 0.1) is 11.3 Å². The van der Waals surface area contributed by atoms with Crippen molar-refractivity contribution in [1.82, 2.24) is 25.2 Å². The van der Waals surface area contributed by atoms with Crippen molar-refractivity contribution in [1.29, 1.82) is 0 Å². The molecule has 1 saturated carbocycles. The maximum Gasteiger partial charge on any atom is 0.408 e. The lowest BCUT2D eigenvalue weighted by molar-refractivity contribution is -0.143. The first kappa shape index (κ1) is 48.3. The predicted octanol–water partition coefficient (Wildman–Crippen LogP) is 8.63. The molecule has 4 amide bonds. The van der Waals surface area contributed by atoms with Crippen molar-refractivity contribution >= 4 is 79.4 Å². The minimum absolute atomic E-state index is 0.0282. The fourth-order valence-corrected chi connectivity index (χ4v) is 11.4. The summed E-state index contributed by atoms with van der Waals surface area (Å²) >= 11 is 8.35. The van der Waals surface area contributed by atoms with Gasteiger partial charge in [0, 0.05) is 45.3 Å². The van der Waals surface area contributed by atoms with E-state index in [1.54, 1.807) is 85.1 Å². The van der Waals surface area contributed by atoms with Gasteiger partial charge in [0.15, 0.2) is 0 Å². The van der Waals surface area contributed by atoms with E-state index in [1.807, 2.05) is 48.5 Å². The number of benzene rings is 3. The molecular formula is C48H52ClN5O9S3. The number of amides is 4. The van der Waals surface area contributed by atoms with Crippen LogP contribution in [0.4, 0.5) is 4.79 Å². The number of sulfonamides is 1. The van der Waals surface area contributed by atoms with Crippen molar-refractivity contribution in [2.45, 2.75) is 97.0 Å². The Bertz CT molecular complexity index is 2770. The van der Waals surface area contributed by atoms with Crippen LogP contribution in [-0.4, -0.2) is 85.1 Å². The zero-order chi connectivity index (χ0) is 47.8. The minimum Gasteiger partial charge on any atom is -0.497 e. The molecule has 0 bridgehead atoms. The average Bonchev–Trinajstić information content (AvgIpc) is 3.52. The highest BCUT2D eigenvalue weighted by atomic mass is 35.5. The lowest BCUT2D eigenvalue weighted by atomic mass is 9.85. The number of hydrogen-bond acceptors (Lipinski definition) is 12. The molecule has 5 atom stereocenters. The van der Waals surface area contributed by atoms with Gasteiger partial charge in [0.2, 0.25) is 11.8 Å². The lowest BCUT2D eigenvalue weighted by Crippen LogP contribution is -2.60. The number of carbonyl (C=O) groups excluding carboxylic acids is 4. The number of pyridine rings is 1. The normalized spacial score (nSPS) is 19.9. The number of methoxy groups -OCH3 is 1. The zero-order valence-corrected chi connectivity index (χ0v) is 40.8. The van der Waals surface area contributed by atoms with Crippen LogP contribution in [0.5, 0.6) is 11.5 Å². The fourth-order valence-electron chi connectivity index (χ4n) is 7.67. The van der Waals surface area contributed by atoms with E-state index < -0.39 is 74.5 Å². The molecule has 3 heterocycles. The molecular weight excluding hydrogens is 922 g/mol. The van der Waals surface area contributed by atoms with Crippen LogP contribution in [0.2, 0.25) is 5.02 Å². The largest absolute Gasteiger partial charge is 0.497 e. The molecule has 2 aliphatic rings. The third kappa shape index (κ3) is 11.0. The third-order valence-electron chi connectivity index (χ3n) is 11.1. The van der Waals surface area contributed by atoms with Gasteiger partial charge in [-0.15, -0.1) is 17.9 Å². The molecule has 7 rings (SSSR count). The van der Waals surface area contributed by atoms with Gasteiger partial charge in [-0.05, 0) is 81.1 Å². The molecule has 14 nitrogen and oxygen atoms in total. The molecule has 2 fully saturated rings. The molecule has 0 spiro atoms. The molecule has 18 heteroatoms. The van der Waals surface area contributed by atoms with E-state index in [2.05, 4.69) is 21.9 Å². The van der Waals surface area contributed by atoms with Crippen molar-refractivity contribution in [3.63, 3.8) is 0 Å². The Hall–Kier alpha value is -5.62. The monoisotopic (exact) mass is 973 g/mol. The van der Waals surface area contributed by atoms with Crippen molar-refractivity contribution in [3.8, 4) is 22.8 Å². The van der Waals surface area contributed by atoms with E-state index in [-0.39, 0.29) is 23.6 Å². The molecule has 5 aromatic rings. The van der Waals surface area contributed by atoms with Crippen LogP contribution in [0.15, 0.2) is 117 Å². The molecule has 3 N–H and O–H groups in total. The Balaban J connectivity index is 1.18. The second-order valence-corrected chi connectivity index (χ2v) is 23.1. The number of aromatic nitrogens is 1. The Morgan fingerprint density at radius 3 is 2.33 bits per heavy atom. The van der Waals surface area contributed by atoms with Gasteiger partial charge in [0.1, 0.15) is 45.0 Å². The number of likely N-dealkylation sites (tertiary alicyclic amines) is 1. The molecule has 1 saturated heterocycles. The Labute approximate surface area is 397 Å². The van der Waals surface area contributed by atoms with Gasteiger partial charge in [-0.25, -0.2) is 22.9 Å². The van der Waals surface area contributed by atoms with Crippen molar-refractivity contribution in [2.24, 2.45) is 11.3 Å². The van der Waals surface area contributed by atoms with Gasteiger partial charge in [0.25, 0.3) is 15.9 Å². The van der Waals surface area contributed by atoms with Gasteiger partial charge < -0.3 is 29.7 Å². The van der Waals surface area contributed by atoms with E-state index in [0.29, 0.717) is 37.3 Å². The summed E-state index contributed by atoms with van der Waals surface area (Å²) in [6, 6.07) is 24.5. The highest BCUT2D eigenvalue weighted by Gasteiger charge is 2.61. The number of carbonyl (C=O) groups is 4. The molecule has 1 aliphatic heterocycles. The summed E-state index contributed by atoms with van der Waals surface area (Å²) < 4.78 is 47.9. The average molecular weight is 975 g/mol. The number of thiophene rings is 1. The van der Waals surface area contributed by atoms with Crippen LogP contribution in [0.3, 0.4) is 0 Å². The van der Waals surface area contributed by atoms with Crippen LogP contribution >= 0.6 is 34.7 Å². The summed E-state index contributed by atoms with van der Waals surface area (Å²) in [5.74, 6) is -1.85. The standard InChI is InChI=1S/C48H52ClN5O9S3/c1-9-29-26-48(29,44(57)53-66(59,60)40-22-21-39(65-40)64-33-18-15-30(49)16-19-33)52-42(55)37-24-32(27-54(37)43(56)41(46(2,3)4)51-45(58)63-47(5,6)7)62-38-25-35(28-13-11-10-12-14-28)50-36-23-31(61-8)17-20-34(36)38/h9-23,25,29,32,37,41H,1,24,26-27H2,2-8H3,(H,51,58)(H,52,55)(H,53,57)/t29?,32-,37+,41-,48-/m1/s1. The summed E-state index contributed by atoms with van der Waals surface area (Å²) in [7, 11) is -2.82. The van der Waals surface area contributed by atoms with Gasteiger partial charge in [-0.3, -0.25) is 14.4 Å². The number of rotatable bonds is 14. The quantitative estimate of drug-likeness (QED) is 0.0907. The number of fused-ring (bicyclic) bond motifs is 1. The fraction of sp³-hybridized carbons (Fsp3) is 0.354. The van der Waals surface area contributed by atoms with Crippen LogP contribution in [-0.2, 0) is 29.1 Å². The lowest BCUT2D eigenvalue weighted by Gasteiger charge is -2.36. The van der Waals surface area contributed by atoms with E-state index in [4.69, 9.17) is 30.8 Å². The number of alkyl carbamates (subject to hydrolysis) is 1. The number of nitrogens with zero attached hydrogens (tertiary/aromatic N) is 2. The molecule has 0 radical (unpaired) electrons. The maximum atomic E-state index is 14.9. The van der Waals surface area contributed by atoms with Gasteiger partial charge in [-0.2, -0.15) is 0 Å². The highest BCUT2D eigenvalue weighted by Crippen LogP contribution is 2.46. The first-order valence-electron chi connectivity index (χ1n) is 21.1. The van der Waals surface area contributed by atoms with E-state index in [1.165, 1.54) is 28.8 Å². The van der Waals surface area contributed by atoms with E-state index in [9.17, 15) is 27.6 Å². The number of halogens is 1. The van der Waals surface area contributed by atoms with Crippen molar-refractivity contribution in [3.05, 3.63) is 109 Å². The molecule has 2 aromatic heterocycles. The van der Waals surface area contributed by atoms with Crippen LogP contribution in [0.1, 0.15) is 54.4 Å². The van der Waals surface area contributed by atoms with Crippen molar-refractivity contribution < 1.29 is 41.8 Å². The summed E-state index contributed by atoms with van der Waals surface area (Å²) in [4.78, 5) is 64.0. The summed E-state index contributed by atoms with van der Waals surface area (Å²) in [5, 5.41) is 6.79. The zero-order valence-electron chi connectivity index (χ0n) is 37.5. The van der Waals surface area contributed by atoms with Crippen LogP contribution < -0.4 is 24.8 Å². The molecule has 1 unspecified atom stereocenters. The van der Waals surface area contributed by atoms with E-state index >= 15 is 0 Å². The van der Waals surface area contributed by atoms with E-state index in [0.717, 1.165) is 21.8 Å². The summed E-state index contributed by atoms with van der Waals surface area (Å²) in [5.41, 5.74) is -1.39. The first-order chi connectivity index (χ1) is 31.1. The van der Waals surface area contributed by atoms with Crippen LogP contribution in [0.25, 0.3) is 22.2 Å². The Morgan fingerprint density at radius 2 is 1.70 bits per heavy atom. The smallest absolute Gasteiger partial charge is 0.408 e. The second kappa shape index (κ2) is 18.9. The predicted molar refractivity (Wildman–Crippen MR) is 255 cm³/mol. The van der Waals surface area contributed by atoms with Gasteiger partial charge in [0.05, 0.1) is 29.1 Å². The number of ether oxygens (including phenoxy) is 3. The SMILES string of the molecule is C=CC1C[C@]1(NC(=O)[C@@H]1C[C@@H](Oc2cc(-c3ccccc3)nc3cc(OC)ccc23)CN1C(=O)[C@@H](NC(=O)OC(C)(C)C)C(C)(C)C)C(=O)NS(=O)(=O)c1ccc(Sc2ccc(Cl)cc2)s1. The Morgan fingerprint density at radius 1 is 0.985 bits per heavy atom. The molecule has 1 aliphatic carbocycles. The second-order valence-electron chi connectivity index (χ2n) is 18.3. The van der Waals surface area contributed by atoms with Gasteiger partial charge >= 0.3 is 6.09 Å². The third-order valence-corrected chi connectivity index (χ3v) is 15.4. The topological polar surface area (TPSA) is 182 Å².